The molecule has 0 radical (unpaired) electrons. The van der Waals surface area contributed by atoms with Gasteiger partial charge >= 0.3 is 0 Å². The Hall–Kier alpha value is -2.41. The molecule has 0 amide bonds. The summed E-state index contributed by atoms with van der Waals surface area (Å²) < 4.78 is 0. The molecular weight excluding hydrogens is 232 g/mol. The Morgan fingerprint density at radius 1 is 0.895 bits per heavy atom. The number of hydrogen-bond acceptors (Lipinski definition) is 1. The number of ketones is 1. The second-order valence-corrected chi connectivity index (χ2v) is 4.36. The van der Waals surface area contributed by atoms with E-state index in [0.717, 1.165) is 16.7 Å². The fourth-order valence-corrected chi connectivity index (χ4v) is 1.73. The molecule has 0 aliphatic rings. The minimum absolute atomic E-state index is 0.0378. The van der Waals surface area contributed by atoms with Crippen LogP contribution in [0, 0.1) is 0 Å². The Morgan fingerprint density at radius 2 is 1.47 bits per heavy atom. The van der Waals surface area contributed by atoms with Crippen molar-refractivity contribution in [2.45, 2.75) is 6.92 Å². The highest BCUT2D eigenvalue weighted by molar-refractivity contribution is 6.05. The van der Waals surface area contributed by atoms with Crippen LogP contribution in [-0.2, 0) is 0 Å². The molecule has 2 rings (SSSR count). The molecule has 0 saturated heterocycles. The largest absolute Gasteiger partial charge is 0.289 e. The summed E-state index contributed by atoms with van der Waals surface area (Å²) in [5.41, 5.74) is 2.79. The molecular formula is C18H16O. The number of carbonyl (C=O) groups is 1. The lowest BCUT2D eigenvalue weighted by Gasteiger charge is -1.96. The maximum atomic E-state index is 12.0. The lowest BCUT2D eigenvalue weighted by atomic mass is 10.1. The summed E-state index contributed by atoms with van der Waals surface area (Å²) in [6, 6.07) is 19.3. The Bertz CT molecular complexity index is 592. The standard InChI is InChI=1S/C18H16O/c1-15(12-13-16-8-4-2-5-9-16)14-18(19)17-10-6-3-7-11-17/h2-14H,1H3/b13-12-,15-14-. The maximum Gasteiger partial charge on any atom is 0.186 e. The highest BCUT2D eigenvalue weighted by atomic mass is 16.1. The van der Waals surface area contributed by atoms with Gasteiger partial charge in [0.2, 0.25) is 0 Å². The van der Waals surface area contributed by atoms with E-state index in [0.29, 0.717) is 0 Å². The molecule has 19 heavy (non-hydrogen) atoms. The summed E-state index contributed by atoms with van der Waals surface area (Å²) in [6.45, 7) is 1.93. The highest BCUT2D eigenvalue weighted by Crippen LogP contribution is 2.07. The second kappa shape index (κ2) is 6.50. The lowest BCUT2D eigenvalue weighted by molar-refractivity contribution is 0.104. The van der Waals surface area contributed by atoms with Gasteiger partial charge in [-0.25, -0.2) is 0 Å². The van der Waals surface area contributed by atoms with E-state index < -0.39 is 0 Å². The summed E-state index contributed by atoms with van der Waals surface area (Å²) >= 11 is 0. The van der Waals surface area contributed by atoms with Gasteiger partial charge in [0.05, 0.1) is 0 Å². The first-order chi connectivity index (χ1) is 9.25. The smallest absolute Gasteiger partial charge is 0.186 e. The third-order valence-electron chi connectivity index (χ3n) is 2.76. The average molecular weight is 248 g/mol. The second-order valence-electron chi connectivity index (χ2n) is 4.36. The lowest BCUT2D eigenvalue weighted by Crippen LogP contribution is -1.94. The topological polar surface area (TPSA) is 17.1 Å². The molecule has 1 nitrogen and oxygen atoms in total. The minimum Gasteiger partial charge on any atom is -0.289 e. The van der Waals surface area contributed by atoms with Crippen LogP contribution in [0.25, 0.3) is 6.08 Å². The van der Waals surface area contributed by atoms with Gasteiger partial charge in [0, 0.05) is 5.56 Å². The first-order valence-corrected chi connectivity index (χ1v) is 6.26. The molecule has 0 aliphatic heterocycles. The van der Waals surface area contributed by atoms with Crippen LogP contribution >= 0.6 is 0 Å². The van der Waals surface area contributed by atoms with Gasteiger partial charge in [0.1, 0.15) is 0 Å². The van der Waals surface area contributed by atoms with Crippen LogP contribution in [-0.4, -0.2) is 5.78 Å². The van der Waals surface area contributed by atoms with Crippen LogP contribution in [0.15, 0.2) is 78.4 Å². The maximum absolute atomic E-state index is 12.0. The molecule has 0 spiro atoms. The van der Waals surface area contributed by atoms with Crippen LogP contribution < -0.4 is 0 Å². The molecule has 0 bridgehead atoms. The van der Waals surface area contributed by atoms with E-state index in [1.165, 1.54) is 0 Å². The van der Waals surface area contributed by atoms with Crippen molar-refractivity contribution in [3.63, 3.8) is 0 Å². The van der Waals surface area contributed by atoms with Gasteiger partial charge in [0.25, 0.3) is 0 Å². The van der Waals surface area contributed by atoms with Crippen LogP contribution in [0.2, 0.25) is 0 Å². The molecule has 0 saturated carbocycles. The first-order valence-electron chi connectivity index (χ1n) is 6.26. The summed E-state index contributed by atoms with van der Waals surface area (Å²) in [5, 5.41) is 0. The molecule has 0 heterocycles. The molecule has 1 heteroatoms. The Morgan fingerprint density at radius 3 is 2.11 bits per heavy atom. The normalized spacial score (nSPS) is 11.7. The minimum atomic E-state index is 0.0378. The number of benzene rings is 2. The van der Waals surface area contributed by atoms with Crippen LogP contribution in [0.3, 0.4) is 0 Å². The third kappa shape index (κ3) is 4.07. The number of hydrogen-bond donors (Lipinski definition) is 0. The van der Waals surface area contributed by atoms with E-state index in [9.17, 15) is 4.79 Å². The van der Waals surface area contributed by atoms with Crippen molar-refractivity contribution in [2.24, 2.45) is 0 Å². The van der Waals surface area contributed by atoms with Crippen molar-refractivity contribution < 1.29 is 4.79 Å². The van der Waals surface area contributed by atoms with Crippen molar-refractivity contribution in [3.05, 3.63) is 89.5 Å². The average Bonchev–Trinajstić information content (AvgIpc) is 2.47. The van der Waals surface area contributed by atoms with Gasteiger partial charge in [-0.1, -0.05) is 72.8 Å². The van der Waals surface area contributed by atoms with Crippen molar-refractivity contribution in [3.8, 4) is 0 Å². The van der Waals surface area contributed by atoms with Crippen LogP contribution in [0.5, 0.6) is 0 Å². The van der Waals surface area contributed by atoms with Gasteiger partial charge in [-0.3, -0.25) is 4.79 Å². The van der Waals surface area contributed by atoms with E-state index in [2.05, 4.69) is 0 Å². The Kier molecular flexibility index (Phi) is 4.46. The van der Waals surface area contributed by atoms with Gasteiger partial charge in [-0.15, -0.1) is 0 Å². The number of carbonyl (C=O) groups excluding carboxylic acids is 1. The molecule has 0 aromatic heterocycles. The van der Waals surface area contributed by atoms with Crippen molar-refractivity contribution in [1.29, 1.82) is 0 Å². The number of rotatable bonds is 4. The molecule has 0 aliphatic carbocycles. The summed E-state index contributed by atoms with van der Waals surface area (Å²) in [6.07, 6.45) is 5.62. The molecule has 94 valence electrons. The van der Waals surface area contributed by atoms with Gasteiger partial charge in [0.15, 0.2) is 5.78 Å². The van der Waals surface area contributed by atoms with Crippen LogP contribution in [0.1, 0.15) is 22.8 Å². The van der Waals surface area contributed by atoms with Crippen molar-refractivity contribution >= 4 is 11.9 Å². The summed E-state index contributed by atoms with van der Waals surface area (Å²) in [4.78, 5) is 12.0. The predicted octanol–water partition coefficient (Wildman–Crippen LogP) is 4.53. The molecule has 0 N–H and O–H groups in total. The van der Waals surface area contributed by atoms with Gasteiger partial charge in [-0.2, -0.15) is 0 Å². The molecule has 0 fully saturated rings. The zero-order chi connectivity index (χ0) is 13.5. The Balaban J connectivity index is 2.08. The van der Waals surface area contributed by atoms with Gasteiger partial charge in [-0.05, 0) is 24.1 Å². The molecule has 0 atom stereocenters. The van der Waals surface area contributed by atoms with Crippen molar-refractivity contribution in [1.82, 2.24) is 0 Å². The monoisotopic (exact) mass is 248 g/mol. The molecule has 0 unspecified atom stereocenters. The molecule has 2 aromatic rings. The predicted molar refractivity (Wildman–Crippen MR) is 80.0 cm³/mol. The van der Waals surface area contributed by atoms with E-state index in [4.69, 9.17) is 0 Å². The zero-order valence-corrected chi connectivity index (χ0v) is 10.9. The first kappa shape index (κ1) is 13.0. The fourth-order valence-electron chi connectivity index (χ4n) is 1.73. The fraction of sp³-hybridized carbons (Fsp3) is 0.0556. The van der Waals surface area contributed by atoms with E-state index in [1.54, 1.807) is 6.08 Å². The van der Waals surface area contributed by atoms with E-state index in [1.807, 2.05) is 79.7 Å². The summed E-state index contributed by atoms with van der Waals surface area (Å²) in [5.74, 6) is 0.0378. The van der Waals surface area contributed by atoms with E-state index in [-0.39, 0.29) is 5.78 Å². The zero-order valence-electron chi connectivity index (χ0n) is 10.9. The van der Waals surface area contributed by atoms with E-state index >= 15 is 0 Å². The summed E-state index contributed by atoms with van der Waals surface area (Å²) in [7, 11) is 0. The number of allylic oxidation sites excluding steroid dienone is 3. The molecule has 2 aromatic carbocycles. The Labute approximate surface area is 113 Å². The highest BCUT2D eigenvalue weighted by Gasteiger charge is 2.00. The SMILES string of the molecule is CC(/C=C\c1ccccc1)=C/C(=O)c1ccccc1. The van der Waals surface area contributed by atoms with Crippen molar-refractivity contribution in [2.75, 3.05) is 0 Å². The third-order valence-corrected chi connectivity index (χ3v) is 2.76. The van der Waals surface area contributed by atoms with Crippen LogP contribution in [0.4, 0.5) is 0 Å². The quantitative estimate of drug-likeness (QED) is 0.441. The van der Waals surface area contributed by atoms with Gasteiger partial charge < -0.3 is 0 Å².